The molecule has 0 aliphatic rings. The standard InChI is InChI=1S/C11H16N4O/c1-13-11(16)10-8-9(4-7-15-10)14-6-3-2-5-12/h2-4,7-8H,5-6,12H2,1H3,(H,13,16)(H,14,15)/b3-2+. The summed E-state index contributed by atoms with van der Waals surface area (Å²) in [4.78, 5) is 15.3. The molecule has 0 aliphatic carbocycles. The Kier molecular flexibility index (Phi) is 5.01. The second-order valence-electron chi connectivity index (χ2n) is 3.10. The zero-order valence-corrected chi connectivity index (χ0v) is 9.23. The van der Waals surface area contributed by atoms with Crippen molar-refractivity contribution in [2.24, 2.45) is 5.73 Å². The second-order valence-corrected chi connectivity index (χ2v) is 3.10. The Hall–Kier alpha value is -1.88. The van der Waals surface area contributed by atoms with E-state index in [0.29, 0.717) is 18.8 Å². The Balaban J connectivity index is 2.60. The first-order valence-electron chi connectivity index (χ1n) is 5.05. The summed E-state index contributed by atoms with van der Waals surface area (Å²) in [5, 5.41) is 5.66. The number of nitrogens with two attached hydrogens (primary N) is 1. The zero-order chi connectivity index (χ0) is 11.8. The molecule has 0 radical (unpaired) electrons. The van der Waals surface area contributed by atoms with Gasteiger partial charge in [-0.05, 0) is 12.1 Å². The van der Waals surface area contributed by atoms with Crippen LogP contribution in [0.15, 0.2) is 30.5 Å². The van der Waals surface area contributed by atoms with Crippen molar-refractivity contribution in [3.8, 4) is 0 Å². The van der Waals surface area contributed by atoms with Crippen LogP contribution < -0.4 is 16.4 Å². The van der Waals surface area contributed by atoms with Gasteiger partial charge in [-0.2, -0.15) is 0 Å². The topological polar surface area (TPSA) is 80.0 Å². The molecule has 5 heteroatoms. The molecule has 4 N–H and O–H groups in total. The van der Waals surface area contributed by atoms with E-state index in [4.69, 9.17) is 5.73 Å². The van der Waals surface area contributed by atoms with Crippen molar-refractivity contribution < 1.29 is 4.79 Å². The molecule has 0 bridgehead atoms. The van der Waals surface area contributed by atoms with Crippen molar-refractivity contribution in [2.45, 2.75) is 0 Å². The predicted octanol–water partition coefficient (Wildman–Crippen LogP) is 0.368. The third-order valence-electron chi connectivity index (χ3n) is 1.95. The molecule has 0 spiro atoms. The minimum atomic E-state index is -0.193. The van der Waals surface area contributed by atoms with Gasteiger partial charge in [0.25, 0.3) is 5.91 Å². The summed E-state index contributed by atoms with van der Waals surface area (Å²) in [7, 11) is 1.58. The molecule has 0 atom stereocenters. The van der Waals surface area contributed by atoms with Crippen LogP contribution >= 0.6 is 0 Å². The summed E-state index contributed by atoms with van der Waals surface area (Å²) in [5.41, 5.74) is 6.57. The SMILES string of the molecule is CNC(=O)c1cc(NC/C=C/CN)ccn1. The molecule has 1 aromatic heterocycles. The largest absolute Gasteiger partial charge is 0.381 e. The van der Waals surface area contributed by atoms with E-state index in [2.05, 4.69) is 15.6 Å². The highest BCUT2D eigenvalue weighted by Crippen LogP contribution is 2.07. The molecule has 0 aromatic carbocycles. The summed E-state index contributed by atoms with van der Waals surface area (Å²) in [6, 6.07) is 3.51. The maximum atomic E-state index is 11.3. The second kappa shape index (κ2) is 6.58. The van der Waals surface area contributed by atoms with Gasteiger partial charge in [0.05, 0.1) is 0 Å². The molecule has 16 heavy (non-hydrogen) atoms. The van der Waals surface area contributed by atoms with Crippen LogP contribution in [0.5, 0.6) is 0 Å². The first kappa shape index (κ1) is 12.2. The van der Waals surface area contributed by atoms with Crippen LogP contribution in [-0.4, -0.2) is 31.0 Å². The fraction of sp³-hybridized carbons (Fsp3) is 0.273. The molecule has 1 heterocycles. The van der Waals surface area contributed by atoms with Crippen molar-refractivity contribution in [3.63, 3.8) is 0 Å². The Bertz CT molecular complexity index is 376. The average molecular weight is 220 g/mol. The quantitative estimate of drug-likeness (QED) is 0.626. The predicted molar refractivity (Wildman–Crippen MR) is 64.3 cm³/mol. The molecule has 1 aromatic rings. The number of anilines is 1. The van der Waals surface area contributed by atoms with E-state index in [9.17, 15) is 4.79 Å². The summed E-state index contributed by atoms with van der Waals surface area (Å²) in [6.07, 6.45) is 5.40. The van der Waals surface area contributed by atoms with Crippen molar-refractivity contribution in [2.75, 3.05) is 25.5 Å². The summed E-state index contributed by atoms with van der Waals surface area (Å²) in [6.45, 7) is 1.20. The Morgan fingerprint density at radius 2 is 2.38 bits per heavy atom. The fourth-order valence-corrected chi connectivity index (χ4v) is 1.15. The van der Waals surface area contributed by atoms with Crippen LogP contribution in [-0.2, 0) is 0 Å². The van der Waals surface area contributed by atoms with Crippen molar-refractivity contribution in [1.29, 1.82) is 0 Å². The third kappa shape index (κ3) is 3.70. The lowest BCUT2D eigenvalue weighted by Crippen LogP contribution is -2.19. The smallest absolute Gasteiger partial charge is 0.269 e. The number of rotatable bonds is 5. The van der Waals surface area contributed by atoms with E-state index in [1.807, 2.05) is 18.2 Å². The number of amides is 1. The highest BCUT2D eigenvalue weighted by Gasteiger charge is 2.04. The third-order valence-corrected chi connectivity index (χ3v) is 1.95. The van der Waals surface area contributed by atoms with Gasteiger partial charge in [0.15, 0.2) is 0 Å². The van der Waals surface area contributed by atoms with Gasteiger partial charge in [-0.15, -0.1) is 0 Å². The van der Waals surface area contributed by atoms with Crippen LogP contribution in [0.4, 0.5) is 5.69 Å². The molecule has 0 unspecified atom stereocenters. The highest BCUT2D eigenvalue weighted by molar-refractivity contribution is 5.92. The van der Waals surface area contributed by atoms with E-state index in [-0.39, 0.29) is 5.91 Å². The fourth-order valence-electron chi connectivity index (χ4n) is 1.15. The number of pyridine rings is 1. The molecular weight excluding hydrogens is 204 g/mol. The van der Waals surface area contributed by atoms with Crippen LogP contribution in [0.25, 0.3) is 0 Å². The van der Waals surface area contributed by atoms with Gasteiger partial charge in [-0.3, -0.25) is 9.78 Å². The normalized spacial score (nSPS) is 10.4. The molecule has 5 nitrogen and oxygen atoms in total. The zero-order valence-electron chi connectivity index (χ0n) is 9.23. The van der Waals surface area contributed by atoms with Crippen molar-refractivity contribution >= 4 is 11.6 Å². The van der Waals surface area contributed by atoms with E-state index >= 15 is 0 Å². The Labute approximate surface area is 94.8 Å². The lowest BCUT2D eigenvalue weighted by molar-refractivity contribution is 0.0958. The minimum Gasteiger partial charge on any atom is -0.381 e. The molecule has 0 aliphatic heterocycles. The first-order valence-corrected chi connectivity index (χ1v) is 5.05. The van der Waals surface area contributed by atoms with Gasteiger partial charge in [-0.1, -0.05) is 12.2 Å². The number of aromatic nitrogens is 1. The van der Waals surface area contributed by atoms with Gasteiger partial charge in [-0.25, -0.2) is 0 Å². The Morgan fingerprint density at radius 1 is 1.56 bits per heavy atom. The maximum absolute atomic E-state index is 11.3. The van der Waals surface area contributed by atoms with Gasteiger partial charge in [0.1, 0.15) is 5.69 Å². The maximum Gasteiger partial charge on any atom is 0.269 e. The molecular formula is C11H16N4O. The number of hydrogen-bond acceptors (Lipinski definition) is 4. The van der Waals surface area contributed by atoms with Crippen LogP contribution in [0.3, 0.4) is 0 Å². The summed E-state index contributed by atoms with van der Waals surface area (Å²) < 4.78 is 0. The lowest BCUT2D eigenvalue weighted by atomic mass is 10.3. The average Bonchev–Trinajstić information content (AvgIpc) is 2.34. The molecule has 1 amide bonds. The minimum absolute atomic E-state index is 0.193. The number of carbonyl (C=O) groups excluding carboxylic acids is 1. The van der Waals surface area contributed by atoms with Crippen LogP contribution in [0.2, 0.25) is 0 Å². The van der Waals surface area contributed by atoms with Gasteiger partial charge in [0.2, 0.25) is 0 Å². The number of nitrogens with one attached hydrogen (secondary N) is 2. The van der Waals surface area contributed by atoms with Crippen molar-refractivity contribution in [1.82, 2.24) is 10.3 Å². The highest BCUT2D eigenvalue weighted by atomic mass is 16.1. The monoisotopic (exact) mass is 220 g/mol. The Morgan fingerprint density at radius 3 is 3.06 bits per heavy atom. The first-order chi connectivity index (χ1) is 7.77. The van der Waals surface area contributed by atoms with E-state index in [1.165, 1.54) is 0 Å². The number of nitrogens with zero attached hydrogens (tertiary/aromatic N) is 1. The van der Waals surface area contributed by atoms with E-state index < -0.39 is 0 Å². The molecule has 86 valence electrons. The van der Waals surface area contributed by atoms with E-state index in [1.54, 1.807) is 19.3 Å². The molecule has 0 saturated carbocycles. The summed E-state index contributed by atoms with van der Waals surface area (Å²) in [5.74, 6) is -0.193. The van der Waals surface area contributed by atoms with Crippen molar-refractivity contribution in [3.05, 3.63) is 36.2 Å². The molecule has 1 rings (SSSR count). The van der Waals surface area contributed by atoms with Gasteiger partial charge < -0.3 is 16.4 Å². The molecule has 0 saturated heterocycles. The van der Waals surface area contributed by atoms with Crippen LogP contribution in [0.1, 0.15) is 10.5 Å². The molecule has 0 fully saturated rings. The van der Waals surface area contributed by atoms with E-state index in [0.717, 1.165) is 5.69 Å². The number of hydrogen-bond donors (Lipinski definition) is 3. The van der Waals surface area contributed by atoms with Gasteiger partial charge >= 0.3 is 0 Å². The van der Waals surface area contributed by atoms with Crippen LogP contribution in [0, 0.1) is 0 Å². The number of carbonyl (C=O) groups is 1. The summed E-state index contributed by atoms with van der Waals surface area (Å²) >= 11 is 0. The van der Waals surface area contributed by atoms with Gasteiger partial charge in [0, 0.05) is 32.0 Å². The lowest BCUT2D eigenvalue weighted by Gasteiger charge is -2.04.